The van der Waals surface area contributed by atoms with Crippen molar-refractivity contribution in [2.24, 2.45) is 0 Å². The van der Waals surface area contributed by atoms with Gasteiger partial charge in [0.05, 0.1) is 5.56 Å². The van der Waals surface area contributed by atoms with E-state index in [0.29, 0.717) is 18.7 Å². The third-order valence-corrected chi connectivity index (χ3v) is 3.42. The van der Waals surface area contributed by atoms with Gasteiger partial charge in [0.15, 0.2) is 0 Å². The van der Waals surface area contributed by atoms with Gasteiger partial charge in [-0.25, -0.2) is 4.79 Å². The van der Waals surface area contributed by atoms with Crippen LogP contribution in [0.15, 0.2) is 30.1 Å². The molecule has 0 aliphatic carbocycles. The van der Waals surface area contributed by atoms with Crippen molar-refractivity contribution in [2.45, 2.75) is 39.2 Å². The highest BCUT2D eigenvalue weighted by molar-refractivity contribution is 5.68. The predicted molar refractivity (Wildman–Crippen MR) is 91.0 cm³/mol. The summed E-state index contributed by atoms with van der Waals surface area (Å²) in [5, 5.41) is 8.84. The average molecular weight is 323 g/mol. The molecule has 0 radical (unpaired) electrons. The zero-order valence-electron chi connectivity index (χ0n) is 14.3. The maximum absolute atomic E-state index is 12.0. The zero-order chi connectivity index (χ0) is 17.6. The summed E-state index contributed by atoms with van der Waals surface area (Å²) < 4.78 is 5.38. The van der Waals surface area contributed by atoms with E-state index in [1.165, 1.54) is 11.8 Å². The Labute approximate surface area is 142 Å². The average Bonchev–Trinajstić information content (AvgIpc) is 2.54. The second-order valence-corrected chi connectivity index (χ2v) is 6.61. The van der Waals surface area contributed by atoms with E-state index < -0.39 is 5.60 Å². The Morgan fingerprint density at radius 3 is 2.58 bits per heavy atom. The highest BCUT2D eigenvalue weighted by atomic mass is 16.6. The summed E-state index contributed by atoms with van der Waals surface area (Å²) in [5.74, 6) is 6.00. The first kappa shape index (κ1) is 17.6. The fourth-order valence-electron chi connectivity index (χ4n) is 2.24. The Bertz CT molecular complexity index is 732. The lowest BCUT2D eigenvalue weighted by molar-refractivity contribution is 0.0236. The fraction of sp³-hybridized carbons (Fsp3) is 0.421. The number of nitriles is 1. The third-order valence-electron chi connectivity index (χ3n) is 3.42. The zero-order valence-corrected chi connectivity index (χ0v) is 14.3. The Morgan fingerprint density at radius 2 is 1.96 bits per heavy atom. The standard InChI is InChI=1S/C19H21N3O2/c1-19(2,3)24-18(23)22-9-7-15(8-10-22)5-4-6-16-11-17(12-20)14-21-13-16/h5,11,13-14H,7-10H2,1-3H3. The van der Waals surface area contributed by atoms with Crippen LogP contribution in [0.4, 0.5) is 4.79 Å². The smallest absolute Gasteiger partial charge is 0.410 e. The molecule has 124 valence electrons. The van der Waals surface area contributed by atoms with Gasteiger partial charge in [0.1, 0.15) is 11.7 Å². The van der Waals surface area contributed by atoms with E-state index in [9.17, 15) is 4.79 Å². The lowest BCUT2D eigenvalue weighted by atomic mass is 10.0. The number of piperidine rings is 1. The first-order chi connectivity index (χ1) is 11.4. The number of hydrogen-bond acceptors (Lipinski definition) is 4. The Balaban J connectivity index is 1.91. The molecule has 24 heavy (non-hydrogen) atoms. The van der Waals surface area contributed by atoms with Crippen molar-refractivity contribution in [1.29, 1.82) is 5.26 Å². The van der Waals surface area contributed by atoms with Gasteiger partial charge in [-0.2, -0.15) is 5.26 Å². The van der Waals surface area contributed by atoms with E-state index in [4.69, 9.17) is 10.00 Å². The SMILES string of the molecule is CC(C)(C)OC(=O)N1CCC(=CC#Cc2cncc(C#N)c2)CC1. The van der Waals surface area contributed by atoms with Gasteiger partial charge < -0.3 is 9.64 Å². The number of hydrogen-bond donors (Lipinski definition) is 0. The minimum atomic E-state index is -0.468. The molecule has 0 N–H and O–H groups in total. The number of pyridine rings is 1. The molecule has 1 fully saturated rings. The molecule has 1 aliphatic heterocycles. The summed E-state index contributed by atoms with van der Waals surface area (Å²) in [6.07, 6.45) is 6.38. The molecule has 5 heteroatoms. The molecular formula is C19H21N3O2. The molecule has 0 unspecified atom stereocenters. The Morgan fingerprint density at radius 1 is 1.29 bits per heavy atom. The number of aromatic nitrogens is 1. The van der Waals surface area contributed by atoms with Crippen LogP contribution in [0.25, 0.3) is 0 Å². The van der Waals surface area contributed by atoms with Gasteiger partial charge >= 0.3 is 6.09 Å². The number of carbonyl (C=O) groups is 1. The van der Waals surface area contributed by atoms with Crippen molar-refractivity contribution in [1.82, 2.24) is 9.88 Å². The molecule has 1 aliphatic rings. The first-order valence-electron chi connectivity index (χ1n) is 7.90. The third kappa shape index (κ3) is 5.44. The highest BCUT2D eigenvalue weighted by Gasteiger charge is 2.24. The molecule has 0 bridgehead atoms. The van der Waals surface area contributed by atoms with E-state index >= 15 is 0 Å². The summed E-state index contributed by atoms with van der Waals surface area (Å²) in [4.78, 5) is 17.7. The monoisotopic (exact) mass is 323 g/mol. The maximum atomic E-state index is 12.0. The number of carbonyl (C=O) groups excluding carboxylic acids is 1. The minimum absolute atomic E-state index is 0.257. The number of allylic oxidation sites excluding steroid dienone is 1. The highest BCUT2D eigenvalue weighted by Crippen LogP contribution is 2.18. The topological polar surface area (TPSA) is 66.2 Å². The number of amides is 1. The van der Waals surface area contributed by atoms with Gasteiger partial charge in [-0.3, -0.25) is 4.98 Å². The number of likely N-dealkylation sites (tertiary alicyclic amines) is 1. The molecule has 5 nitrogen and oxygen atoms in total. The van der Waals surface area contributed by atoms with Gasteiger partial charge in [-0.15, -0.1) is 0 Å². The molecule has 2 rings (SSSR count). The molecular weight excluding hydrogens is 302 g/mol. The second kappa shape index (κ2) is 7.66. The predicted octanol–water partition coefficient (Wildman–Crippen LogP) is 3.26. The lowest BCUT2D eigenvalue weighted by Gasteiger charge is -2.30. The van der Waals surface area contributed by atoms with Crippen molar-refractivity contribution in [3.05, 3.63) is 41.2 Å². The summed E-state index contributed by atoms with van der Waals surface area (Å²) in [7, 11) is 0. The molecule has 0 atom stereocenters. The first-order valence-corrected chi connectivity index (χ1v) is 7.90. The summed E-state index contributed by atoms with van der Waals surface area (Å²) in [6, 6.07) is 3.76. The van der Waals surface area contributed by atoms with Crippen LogP contribution < -0.4 is 0 Å². The lowest BCUT2D eigenvalue weighted by Crippen LogP contribution is -2.40. The molecule has 1 saturated heterocycles. The Hall–Kier alpha value is -2.79. The molecule has 2 heterocycles. The van der Waals surface area contributed by atoms with Crippen LogP contribution in [0, 0.1) is 23.2 Å². The van der Waals surface area contributed by atoms with E-state index in [1.54, 1.807) is 17.2 Å². The van der Waals surface area contributed by atoms with Crippen LogP contribution in [0.2, 0.25) is 0 Å². The molecule has 1 amide bonds. The van der Waals surface area contributed by atoms with Crippen LogP contribution in [-0.4, -0.2) is 34.7 Å². The van der Waals surface area contributed by atoms with Crippen LogP contribution >= 0.6 is 0 Å². The molecule has 1 aromatic rings. The van der Waals surface area contributed by atoms with Gasteiger partial charge in [-0.1, -0.05) is 17.4 Å². The summed E-state index contributed by atoms with van der Waals surface area (Å²) >= 11 is 0. The van der Waals surface area contributed by atoms with Gasteiger partial charge in [0.2, 0.25) is 0 Å². The number of nitrogens with zero attached hydrogens (tertiary/aromatic N) is 3. The summed E-state index contributed by atoms with van der Waals surface area (Å²) in [6.45, 7) is 6.89. The quantitative estimate of drug-likeness (QED) is 0.687. The molecule has 0 spiro atoms. The Kier molecular flexibility index (Phi) is 5.60. The van der Waals surface area contributed by atoms with Crippen molar-refractivity contribution in [3.63, 3.8) is 0 Å². The van der Waals surface area contributed by atoms with Crippen LogP contribution in [0.5, 0.6) is 0 Å². The molecule has 0 aromatic carbocycles. The van der Waals surface area contributed by atoms with Crippen LogP contribution in [0.3, 0.4) is 0 Å². The minimum Gasteiger partial charge on any atom is -0.444 e. The normalized spacial score (nSPS) is 14.2. The number of ether oxygens (including phenoxy) is 1. The van der Waals surface area contributed by atoms with Crippen molar-refractivity contribution >= 4 is 6.09 Å². The summed E-state index contributed by atoms with van der Waals surface area (Å²) in [5.41, 5.74) is 1.97. The number of rotatable bonds is 0. The molecule has 0 saturated carbocycles. The maximum Gasteiger partial charge on any atom is 0.410 e. The van der Waals surface area contributed by atoms with Gasteiger partial charge in [0, 0.05) is 31.0 Å². The fourth-order valence-corrected chi connectivity index (χ4v) is 2.24. The van der Waals surface area contributed by atoms with Crippen molar-refractivity contribution < 1.29 is 9.53 Å². The van der Waals surface area contributed by atoms with Crippen LogP contribution in [-0.2, 0) is 4.74 Å². The van der Waals surface area contributed by atoms with Crippen molar-refractivity contribution in [2.75, 3.05) is 13.1 Å². The van der Waals surface area contributed by atoms with E-state index in [2.05, 4.69) is 16.8 Å². The molecule has 1 aromatic heterocycles. The van der Waals surface area contributed by atoms with E-state index in [-0.39, 0.29) is 6.09 Å². The van der Waals surface area contributed by atoms with Gasteiger partial charge in [0.25, 0.3) is 0 Å². The largest absolute Gasteiger partial charge is 0.444 e. The van der Waals surface area contributed by atoms with Crippen LogP contribution in [0.1, 0.15) is 44.7 Å². The van der Waals surface area contributed by atoms with E-state index in [0.717, 1.165) is 18.4 Å². The van der Waals surface area contributed by atoms with E-state index in [1.807, 2.05) is 32.9 Å². The second-order valence-electron chi connectivity index (χ2n) is 6.61. The van der Waals surface area contributed by atoms with Gasteiger partial charge in [-0.05, 0) is 45.8 Å². The van der Waals surface area contributed by atoms with Crippen molar-refractivity contribution in [3.8, 4) is 17.9 Å².